The number of rotatable bonds is 7. The Labute approximate surface area is 347 Å². The lowest BCUT2D eigenvalue weighted by Crippen LogP contribution is -2.59. The third-order valence-corrected chi connectivity index (χ3v) is 14.8. The first-order valence-electron chi connectivity index (χ1n) is 21.7. The van der Waals surface area contributed by atoms with E-state index in [9.17, 15) is 23.2 Å². The highest BCUT2D eigenvalue weighted by atomic mass is 19.3. The smallest absolute Gasteiger partial charge is 0.255 e. The largest absolute Gasteiger partial charge is 0.489 e. The summed E-state index contributed by atoms with van der Waals surface area (Å²) < 4.78 is 34.2. The number of hydrogen-bond donors (Lipinski definition) is 2. The maximum Gasteiger partial charge on any atom is 0.255 e. The molecule has 2 N–H and O–H groups in total. The average Bonchev–Trinajstić information content (AvgIpc) is 3.77. The number of nitrogens with one attached hydrogen (secondary N) is 2. The molecule has 1 aliphatic carbocycles. The molecule has 2 aromatic carbocycles. The van der Waals surface area contributed by atoms with E-state index in [-0.39, 0.29) is 42.9 Å². The number of alkyl halides is 2. The van der Waals surface area contributed by atoms with Gasteiger partial charge in [-0.25, -0.2) is 18.7 Å². The number of nitrogens with zero attached hydrogens (tertiary/aromatic N) is 7. The van der Waals surface area contributed by atoms with Gasteiger partial charge in [0.25, 0.3) is 12.3 Å². The molecule has 11 rings (SSSR count). The van der Waals surface area contributed by atoms with Crippen LogP contribution < -0.4 is 19.9 Å². The summed E-state index contributed by atoms with van der Waals surface area (Å²) in [7, 11) is 0. The van der Waals surface area contributed by atoms with Gasteiger partial charge in [-0.15, -0.1) is 0 Å². The molecule has 1 spiro atoms. The topological polar surface area (TPSA) is 130 Å². The number of piperidine rings is 2. The molecule has 1 saturated carbocycles. The molecule has 60 heavy (non-hydrogen) atoms. The van der Waals surface area contributed by atoms with Crippen LogP contribution in [0.4, 0.5) is 20.4 Å². The predicted octanol–water partition coefficient (Wildman–Crippen LogP) is 4.90. The minimum absolute atomic E-state index is 0.0541. The first kappa shape index (κ1) is 37.8. The van der Waals surface area contributed by atoms with Crippen LogP contribution in [0.2, 0.25) is 0 Å². The summed E-state index contributed by atoms with van der Waals surface area (Å²) in [4.78, 5) is 61.8. The minimum atomic E-state index is -2.44. The Balaban J connectivity index is 0.691. The summed E-state index contributed by atoms with van der Waals surface area (Å²) >= 11 is 0. The molecule has 4 aromatic rings. The van der Waals surface area contributed by atoms with Crippen molar-refractivity contribution in [3.05, 3.63) is 76.7 Å². The van der Waals surface area contributed by atoms with Crippen molar-refractivity contribution in [2.24, 2.45) is 11.3 Å². The lowest BCUT2D eigenvalue weighted by molar-refractivity contribution is -0.136. The van der Waals surface area contributed by atoms with E-state index < -0.39 is 18.4 Å². The van der Waals surface area contributed by atoms with Crippen LogP contribution in [0.1, 0.15) is 84.2 Å². The Kier molecular flexibility index (Phi) is 9.14. The van der Waals surface area contributed by atoms with E-state index in [0.717, 1.165) is 91.3 Å². The Bertz CT molecular complexity index is 2360. The zero-order chi connectivity index (χ0) is 40.9. The number of aromatic amines is 1. The van der Waals surface area contributed by atoms with E-state index in [2.05, 4.69) is 31.1 Å². The molecule has 0 radical (unpaired) electrons. The lowest BCUT2D eigenvalue weighted by Gasteiger charge is -2.54. The number of carbonyl (C=O) groups is 3. The van der Waals surface area contributed by atoms with Crippen LogP contribution in [-0.4, -0.2) is 124 Å². The average molecular weight is 820 g/mol. The molecule has 4 fully saturated rings. The fraction of sp³-hybridized carbons (Fsp3) is 0.533. The number of fused-ring (bicyclic) bond motifs is 8. The highest BCUT2D eigenvalue weighted by molar-refractivity contribution is 6.06. The second kappa shape index (κ2) is 14.5. The van der Waals surface area contributed by atoms with E-state index >= 15 is 0 Å². The van der Waals surface area contributed by atoms with Gasteiger partial charge in [0.1, 0.15) is 18.4 Å². The summed E-state index contributed by atoms with van der Waals surface area (Å²) in [6.07, 6.45) is 7.24. The molecule has 0 bridgehead atoms. The number of amides is 3. The molecule has 7 aliphatic rings. The summed E-state index contributed by atoms with van der Waals surface area (Å²) in [5.41, 5.74) is 6.84. The van der Waals surface area contributed by atoms with Crippen LogP contribution in [0.15, 0.2) is 48.8 Å². The molecule has 6 aliphatic heterocycles. The fourth-order valence-corrected chi connectivity index (χ4v) is 11.9. The number of aromatic nitrogens is 3. The molecular weight excluding hydrogens is 769 g/mol. The van der Waals surface area contributed by atoms with Gasteiger partial charge in [-0.2, -0.15) is 0 Å². The number of halogens is 2. The second-order valence-corrected chi connectivity index (χ2v) is 18.4. The molecule has 4 atom stereocenters. The van der Waals surface area contributed by atoms with Crippen LogP contribution in [0.5, 0.6) is 5.75 Å². The van der Waals surface area contributed by atoms with Gasteiger partial charge in [-0.1, -0.05) is 18.2 Å². The third kappa shape index (κ3) is 6.33. The third-order valence-electron chi connectivity index (χ3n) is 14.8. The standard InChI is InChI=1S/C45H51F2N9O4/c1-26-16-32-30-4-2-3-5-34(30)50-39(32)40(55(26)24-37(46)47)28-19-48-44(49-20-28)53-12-10-45(11-13-53)17-27(18-45)21-52-14-15-54-29(22-52)25-60-41-33-23-56(36-8-9-38(57)51-42(36)58)43(59)31(33)6-7-35(41)54/h2-7,19-20,26-27,29,36-37,40,50H,8-18,21-25H2,1H3,(H,51,57,58)/t26-,29-,36?,40-/m1/s1. The maximum absolute atomic E-state index is 13.9. The Morgan fingerprint density at radius 2 is 1.77 bits per heavy atom. The van der Waals surface area contributed by atoms with E-state index in [1.807, 2.05) is 54.5 Å². The number of imide groups is 1. The Morgan fingerprint density at radius 3 is 2.55 bits per heavy atom. The van der Waals surface area contributed by atoms with Crippen molar-refractivity contribution >= 4 is 40.3 Å². The van der Waals surface area contributed by atoms with Crippen LogP contribution in [0.3, 0.4) is 0 Å². The van der Waals surface area contributed by atoms with E-state index in [1.54, 1.807) is 4.90 Å². The van der Waals surface area contributed by atoms with Crippen LogP contribution in [0, 0.1) is 11.3 Å². The van der Waals surface area contributed by atoms with Crippen molar-refractivity contribution in [1.82, 2.24) is 35.0 Å². The van der Waals surface area contributed by atoms with Crippen molar-refractivity contribution in [3.63, 3.8) is 0 Å². The normalized spacial score (nSPS) is 26.8. The van der Waals surface area contributed by atoms with Gasteiger partial charge in [-0.05, 0) is 80.5 Å². The summed E-state index contributed by atoms with van der Waals surface area (Å²) in [6.45, 7) is 8.30. The maximum atomic E-state index is 13.9. The van der Waals surface area contributed by atoms with Gasteiger partial charge < -0.3 is 24.4 Å². The lowest BCUT2D eigenvalue weighted by atomic mass is 9.57. The highest BCUT2D eigenvalue weighted by Gasteiger charge is 2.48. The SMILES string of the molecule is C[C@@H]1Cc2c([nH]c3ccccc23)[C@@H](c2cnc(N3CCC4(CC3)CC(CN3CCN5c6ccc7c(c6OC[C@H]5C3)CN(C3CCC(=O)NC3=O)C7=O)C4)nc2)N1CC(F)F. The molecule has 3 amide bonds. The summed E-state index contributed by atoms with van der Waals surface area (Å²) in [5.74, 6) is 1.27. The summed E-state index contributed by atoms with van der Waals surface area (Å²) in [5, 5.41) is 3.54. The first-order valence-corrected chi connectivity index (χ1v) is 21.7. The molecule has 1 unspecified atom stereocenters. The zero-order valence-electron chi connectivity index (χ0n) is 33.9. The number of H-pyrrole nitrogens is 1. The quantitative estimate of drug-likeness (QED) is 0.249. The Morgan fingerprint density at radius 1 is 0.967 bits per heavy atom. The molecule has 8 heterocycles. The summed E-state index contributed by atoms with van der Waals surface area (Å²) in [6, 6.07) is 11.2. The fourth-order valence-electron chi connectivity index (χ4n) is 11.9. The molecular formula is C45H51F2N9O4. The Hall–Kier alpha value is -5.15. The molecule has 3 saturated heterocycles. The van der Waals surface area contributed by atoms with Crippen molar-refractivity contribution in [1.29, 1.82) is 0 Å². The highest BCUT2D eigenvalue weighted by Crippen LogP contribution is 2.53. The van der Waals surface area contributed by atoms with Gasteiger partial charge >= 0.3 is 0 Å². The van der Waals surface area contributed by atoms with Crippen LogP contribution >= 0.6 is 0 Å². The van der Waals surface area contributed by atoms with Crippen LogP contribution in [-0.2, 0) is 22.6 Å². The van der Waals surface area contributed by atoms with Crippen molar-refractivity contribution < 1.29 is 27.9 Å². The molecule has 314 valence electrons. The van der Waals surface area contributed by atoms with Crippen molar-refractivity contribution in [3.8, 4) is 5.75 Å². The molecule has 2 aromatic heterocycles. The number of benzene rings is 2. The van der Waals surface area contributed by atoms with E-state index in [0.29, 0.717) is 48.8 Å². The first-order chi connectivity index (χ1) is 29.1. The number of para-hydroxylation sites is 1. The van der Waals surface area contributed by atoms with Gasteiger partial charge in [0.05, 0.1) is 30.9 Å². The zero-order valence-corrected chi connectivity index (χ0v) is 33.9. The van der Waals surface area contributed by atoms with E-state index in [4.69, 9.17) is 14.7 Å². The van der Waals surface area contributed by atoms with Gasteiger partial charge in [0.15, 0.2) is 0 Å². The van der Waals surface area contributed by atoms with Gasteiger partial charge in [0.2, 0.25) is 17.8 Å². The monoisotopic (exact) mass is 819 g/mol. The van der Waals surface area contributed by atoms with Gasteiger partial charge in [0, 0.05) is 97.4 Å². The van der Waals surface area contributed by atoms with Crippen LogP contribution in [0.25, 0.3) is 10.9 Å². The number of piperazine rings is 1. The van der Waals surface area contributed by atoms with Crippen molar-refractivity contribution in [2.45, 2.75) is 89.0 Å². The predicted molar refractivity (Wildman–Crippen MR) is 220 cm³/mol. The minimum Gasteiger partial charge on any atom is -0.489 e. The molecule has 13 nitrogen and oxygen atoms in total. The number of hydrogen-bond acceptors (Lipinski definition) is 10. The van der Waals surface area contributed by atoms with Crippen molar-refractivity contribution in [2.75, 3.05) is 62.2 Å². The number of ether oxygens (including phenoxy) is 1. The second-order valence-electron chi connectivity index (χ2n) is 18.4. The van der Waals surface area contributed by atoms with Gasteiger partial charge in [-0.3, -0.25) is 29.5 Å². The molecule has 15 heteroatoms. The number of anilines is 2. The number of carbonyl (C=O) groups excluding carboxylic acids is 3. The van der Waals surface area contributed by atoms with E-state index in [1.165, 1.54) is 18.4 Å².